The summed E-state index contributed by atoms with van der Waals surface area (Å²) >= 11 is 0. The molecule has 0 heterocycles. The zero-order chi connectivity index (χ0) is 15.2. The average Bonchev–Trinajstić information content (AvgIpc) is 2.47. The minimum Gasteiger partial charge on any atom is -0.206 e. The van der Waals surface area contributed by atoms with Crippen LogP contribution in [0.25, 0.3) is 0 Å². The first kappa shape index (κ1) is 15.5. The Kier molecular flexibility index (Phi) is 5.34. The first-order valence-corrected chi connectivity index (χ1v) is 7.54. The van der Waals surface area contributed by atoms with Gasteiger partial charge in [0.2, 0.25) is 0 Å². The van der Waals surface area contributed by atoms with Crippen molar-refractivity contribution in [2.45, 2.75) is 51.4 Å². The number of nitriles is 1. The third kappa shape index (κ3) is 3.82. The third-order valence-corrected chi connectivity index (χ3v) is 4.32. The predicted octanol–water partition coefficient (Wildman–Crippen LogP) is 4.91. The van der Waals surface area contributed by atoms with E-state index in [1.165, 1.54) is 25.0 Å². The Morgan fingerprint density at radius 1 is 1.14 bits per heavy atom. The van der Waals surface area contributed by atoms with Crippen LogP contribution in [0.15, 0.2) is 12.1 Å². The molecule has 3 heteroatoms. The lowest BCUT2D eigenvalue weighted by Crippen LogP contribution is -2.13. The van der Waals surface area contributed by atoms with Gasteiger partial charge in [-0.15, -0.1) is 0 Å². The van der Waals surface area contributed by atoms with Gasteiger partial charge in [0.1, 0.15) is 11.6 Å². The quantitative estimate of drug-likeness (QED) is 0.724. The second-order valence-electron chi connectivity index (χ2n) is 5.73. The Labute approximate surface area is 125 Å². The molecule has 1 aromatic carbocycles. The molecule has 21 heavy (non-hydrogen) atoms. The summed E-state index contributed by atoms with van der Waals surface area (Å²) in [6, 6.07) is 4.34. The van der Waals surface area contributed by atoms with Crippen LogP contribution in [0.5, 0.6) is 0 Å². The van der Waals surface area contributed by atoms with Crippen LogP contribution in [0.1, 0.15) is 62.5 Å². The highest BCUT2D eigenvalue weighted by Gasteiger charge is 2.23. The van der Waals surface area contributed by atoms with Crippen LogP contribution in [0, 0.1) is 40.7 Å². The van der Waals surface area contributed by atoms with E-state index < -0.39 is 11.6 Å². The van der Waals surface area contributed by atoms with Crippen LogP contribution >= 0.6 is 0 Å². The second kappa shape index (κ2) is 7.23. The number of rotatable bonds is 3. The lowest BCUT2D eigenvalue weighted by Gasteiger charge is -2.28. The number of nitrogens with zero attached hydrogens (tertiary/aromatic N) is 1. The maximum atomic E-state index is 13.9. The van der Waals surface area contributed by atoms with Gasteiger partial charge in [-0.25, -0.2) is 8.78 Å². The lowest BCUT2D eigenvalue weighted by molar-refractivity contribution is 0.307. The Balaban J connectivity index is 2.14. The van der Waals surface area contributed by atoms with Crippen molar-refractivity contribution in [2.75, 3.05) is 0 Å². The minimum atomic E-state index is -0.663. The molecule has 0 aliphatic heterocycles. The SMILES string of the molecule is CCCC1CCC(c2cc(F)c(C#CC#N)c(F)c2)CC1. The maximum absolute atomic E-state index is 13.9. The number of hydrogen-bond donors (Lipinski definition) is 0. The summed E-state index contributed by atoms with van der Waals surface area (Å²) in [4.78, 5) is 0. The van der Waals surface area contributed by atoms with Crippen molar-refractivity contribution in [3.05, 3.63) is 34.9 Å². The van der Waals surface area contributed by atoms with Gasteiger partial charge < -0.3 is 0 Å². The van der Waals surface area contributed by atoms with Crippen LogP contribution < -0.4 is 0 Å². The summed E-state index contributed by atoms with van der Waals surface area (Å²) in [5.74, 6) is 3.94. The van der Waals surface area contributed by atoms with Gasteiger partial charge in [-0.05, 0) is 61.1 Å². The normalized spacial score (nSPS) is 21.2. The van der Waals surface area contributed by atoms with Crippen molar-refractivity contribution in [2.24, 2.45) is 5.92 Å². The molecule has 0 unspecified atom stereocenters. The van der Waals surface area contributed by atoms with Gasteiger partial charge in [-0.1, -0.05) is 19.8 Å². The van der Waals surface area contributed by atoms with E-state index in [9.17, 15) is 8.78 Å². The van der Waals surface area contributed by atoms with E-state index in [0.717, 1.165) is 37.2 Å². The van der Waals surface area contributed by atoms with Crippen molar-refractivity contribution in [3.8, 4) is 17.9 Å². The second-order valence-corrected chi connectivity index (χ2v) is 5.73. The summed E-state index contributed by atoms with van der Waals surface area (Å²) in [5, 5.41) is 8.37. The van der Waals surface area contributed by atoms with E-state index in [1.807, 2.05) is 5.92 Å². The van der Waals surface area contributed by atoms with Crippen LogP contribution in [-0.2, 0) is 0 Å². The Morgan fingerprint density at radius 3 is 2.29 bits per heavy atom. The first-order chi connectivity index (χ1) is 10.2. The molecule has 1 saturated carbocycles. The Morgan fingerprint density at radius 2 is 1.76 bits per heavy atom. The van der Waals surface area contributed by atoms with Gasteiger partial charge in [0.15, 0.2) is 6.07 Å². The molecule has 1 fully saturated rings. The van der Waals surface area contributed by atoms with Crippen LogP contribution in [0.3, 0.4) is 0 Å². The molecule has 1 aromatic rings. The molecule has 2 rings (SSSR count). The van der Waals surface area contributed by atoms with E-state index in [4.69, 9.17) is 5.26 Å². The lowest BCUT2D eigenvalue weighted by atomic mass is 9.77. The van der Waals surface area contributed by atoms with Gasteiger partial charge in [-0.3, -0.25) is 0 Å². The van der Waals surface area contributed by atoms with Gasteiger partial charge in [0.05, 0.1) is 5.56 Å². The Hall–Kier alpha value is -1.87. The number of hydrogen-bond acceptors (Lipinski definition) is 1. The van der Waals surface area contributed by atoms with Gasteiger partial charge in [0.25, 0.3) is 0 Å². The largest absolute Gasteiger partial charge is 0.206 e. The first-order valence-electron chi connectivity index (χ1n) is 7.54. The highest BCUT2D eigenvalue weighted by molar-refractivity contribution is 5.42. The summed E-state index contributed by atoms with van der Waals surface area (Å²) in [7, 11) is 0. The molecule has 0 amide bonds. The molecule has 0 aromatic heterocycles. The minimum absolute atomic E-state index is 0.236. The topological polar surface area (TPSA) is 23.8 Å². The van der Waals surface area contributed by atoms with Crippen LogP contribution in [0.2, 0.25) is 0 Å². The van der Waals surface area contributed by atoms with Crippen molar-refractivity contribution in [3.63, 3.8) is 0 Å². The van der Waals surface area contributed by atoms with Gasteiger partial charge >= 0.3 is 0 Å². The zero-order valence-corrected chi connectivity index (χ0v) is 12.3. The van der Waals surface area contributed by atoms with Crippen LogP contribution in [-0.4, -0.2) is 0 Å². The number of benzene rings is 1. The molecule has 1 nitrogen and oxygen atoms in total. The molecule has 0 saturated heterocycles. The molecular formula is C18H19F2N. The van der Waals surface area contributed by atoms with Crippen LogP contribution in [0.4, 0.5) is 8.78 Å². The van der Waals surface area contributed by atoms with E-state index in [-0.39, 0.29) is 11.5 Å². The predicted molar refractivity (Wildman–Crippen MR) is 78.5 cm³/mol. The van der Waals surface area contributed by atoms with E-state index in [1.54, 1.807) is 6.07 Å². The molecule has 1 aliphatic rings. The highest BCUT2D eigenvalue weighted by atomic mass is 19.1. The third-order valence-electron chi connectivity index (χ3n) is 4.32. The summed E-state index contributed by atoms with van der Waals surface area (Å²) in [5.41, 5.74) is 0.419. The van der Waals surface area contributed by atoms with Crippen molar-refractivity contribution >= 4 is 0 Å². The Bertz CT molecular complexity index is 573. The molecule has 0 spiro atoms. The molecule has 1 aliphatic carbocycles. The van der Waals surface area contributed by atoms with Crippen molar-refractivity contribution < 1.29 is 8.78 Å². The highest BCUT2D eigenvalue weighted by Crippen LogP contribution is 2.38. The molecule has 0 N–H and O–H groups in total. The standard InChI is InChI=1S/C18H19F2N/c1-2-4-13-6-8-14(9-7-13)15-11-17(19)16(5-3-10-21)18(20)12-15/h11-14H,2,4,6-9H2,1H3. The van der Waals surface area contributed by atoms with Gasteiger partial charge in [-0.2, -0.15) is 5.26 Å². The smallest absolute Gasteiger partial charge is 0.152 e. The van der Waals surface area contributed by atoms with Crippen molar-refractivity contribution in [1.82, 2.24) is 0 Å². The molecule has 110 valence electrons. The van der Waals surface area contributed by atoms with E-state index in [0.29, 0.717) is 0 Å². The fraction of sp³-hybridized carbons (Fsp3) is 0.500. The summed E-state index contributed by atoms with van der Waals surface area (Å²) in [6.07, 6.45) is 6.71. The fourth-order valence-corrected chi connectivity index (χ4v) is 3.23. The molecule has 0 atom stereocenters. The van der Waals surface area contributed by atoms with E-state index in [2.05, 4.69) is 12.8 Å². The monoisotopic (exact) mass is 287 g/mol. The zero-order valence-electron chi connectivity index (χ0n) is 12.3. The molecular weight excluding hydrogens is 268 g/mol. The summed E-state index contributed by atoms with van der Waals surface area (Å²) in [6.45, 7) is 2.19. The van der Waals surface area contributed by atoms with Gasteiger partial charge in [0, 0.05) is 5.92 Å². The summed E-state index contributed by atoms with van der Waals surface area (Å²) < 4.78 is 27.9. The maximum Gasteiger partial charge on any atom is 0.152 e. The number of halogens is 2. The molecule has 0 radical (unpaired) electrons. The fourth-order valence-electron chi connectivity index (χ4n) is 3.23. The van der Waals surface area contributed by atoms with Crippen molar-refractivity contribution in [1.29, 1.82) is 5.26 Å². The van der Waals surface area contributed by atoms with E-state index >= 15 is 0 Å². The molecule has 0 bridgehead atoms. The average molecular weight is 287 g/mol.